The van der Waals surface area contributed by atoms with Crippen LogP contribution < -0.4 is 4.90 Å². The molecule has 0 saturated carbocycles. The van der Waals surface area contributed by atoms with Crippen LogP contribution >= 0.6 is 0 Å². The zero-order chi connectivity index (χ0) is 9.68. The summed E-state index contributed by atoms with van der Waals surface area (Å²) in [6.45, 7) is 5.94. The van der Waals surface area contributed by atoms with Crippen molar-refractivity contribution in [2.24, 2.45) is 0 Å². The van der Waals surface area contributed by atoms with Crippen molar-refractivity contribution in [3.05, 3.63) is 18.1 Å². The number of aliphatic hydroxyl groups is 1. The van der Waals surface area contributed by atoms with Crippen molar-refractivity contribution in [3.8, 4) is 0 Å². The molecule has 0 spiro atoms. The van der Waals surface area contributed by atoms with Crippen LogP contribution in [0.15, 0.2) is 12.4 Å². The first-order valence-corrected chi connectivity index (χ1v) is 4.48. The maximum Gasteiger partial charge on any atom is 0.147 e. The van der Waals surface area contributed by atoms with Gasteiger partial charge in [-0.2, -0.15) is 0 Å². The van der Waals surface area contributed by atoms with E-state index >= 15 is 0 Å². The number of aliphatic hydroxyl groups excluding tert-OH is 1. The third kappa shape index (κ3) is 2.39. The SMILES string of the molecule is CCN(CC)c1cnc(CO)cn1. The zero-order valence-corrected chi connectivity index (χ0v) is 8.06. The Morgan fingerprint density at radius 1 is 1.23 bits per heavy atom. The molecule has 0 amide bonds. The van der Waals surface area contributed by atoms with Crippen molar-refractivity contribution in [2.45, 2.75) is 20.5 Å². The molecule has 13 heavy (non-hydrogen) atoms. The summed E-state index contributed by atoms with van der Waals surface area (Å²) >= 11 is 0. The average Bonchev–Trinajstić information content (AvgIpc) is 2.21. The molecule has 1 N–H and O–H groups in total. The Kier molecular flexibility index (Phi) is 3.64. The van der Waals surface area contributed by atoms with Gasteiger partial charge in [-0.1, -0.05) is 0 Å². The number of rotatable bonds is 4. The second-order valence-corrected chi connectivity index (χ2v) is 2.70. The molecule has 1 aromatic heterocycles. The molecule has 0 aliphatic rings. The predicted molar refractivity (Wildman–Crippen MR) is 51.5 cm³/mol. The van der Waals surface area contributed by atoms with Crippen LogP contribution in [0.4, 0.5) is 5.82 Å². The van der Waals surface area contributed by atoms with Crippen molar-refractivity contribution in [1.82, 2.24) is 9.97 Å². The fourth-order valence-corrected chi connectivity index (χ4v) is 1.14. The van der Waals surface area contributed by atoms with E-state index in [1.807, 2.05) is 0 Å². The van der Waals surface area contributed by atoms with Crippen LogP contribution in [0.2, 0.25) is 0 Å². The third-order valence-electron chi connectivity index (χ3n) is 1.94. The Hall–Kier alpha value is -1.16. The van der Waals surface area contributed by atoms with Gasteiger partial charge in [-0.05, 0) is 13.8 Å². The Balaban J connectivity index is 2.78. The summed E-state index contributed by atoms with van der Waals surface area (Å²) < 4.78 is 0. The molecule has 4 heteroatoms. The van der Waals surface area contributed by atoms with E-state index < -0.39 is 0 Å². The summed E-state index contributed by atoms with van der Waals surface area (Å²) in [5.74, 6) is 0.863. The molecule has 72 valence electrons. The zero-order valence-electron chi connectivity index (χ0n) is 8.06. The van der Waals surface area contributed by atoms with E-state index in [-0.39, 0.29) is 6.61 Å². The lowest BCUT2D eigenvalue weighted by atomic mass is 10.4. The lowest BCUT2D eigenvalue weighted by Gasteiger charge is -2.18. The second kappa shape index (κ2) is 4.77. The van der Waals surface area contributed by atoms with Gasteiger partial charge in [0.25, 0.3) is 0 Å². The minimum Gasteiger partial charge on any atom is -0.390 e. The normalized spacial score (nSPS) is 10.1. The first-order chi connectivity index (χ1) is 6.31. The van der Waals surface area contributed by atoms with Gasteiger partial charge in [0.15, 0.2) is 0 Å². The Morgan fingerprint density at radius 2 is 1.92 bits per heavy atom. The Bertz CT molecular complexity index is 244. The summed E-state index contributed by atoms with van der Waals surface area (Å²) in [4.78, 5) is 10.4. The van der Waals surface area contributed by atoms with E-state index in [4.69, 9.17) is 5.11 Å². The fourth-order valence-electron chi connectivity index (χ4n) is 1.14. The summed E-state index contributed by atoms with van der Waals surface area (Å²) in [6.07, 6.45) is 3.30. The van der Waals surface area contributed by atoms with Crippen LogP contribution in [0.5, 0.6) is 0 Å². The van der Waals surface area contributed by atoms with E-state index in [0.717, 1.165) is 18.9 Å². The number of hydrogen-bond donors (Lipinski definition) is 1. The number of nitrogens with zero attached hydrogens (tertiary/aromatic N) is 3. The molecule has 0 aliphatic heterocycles. The van der Waals surface area contributed by atoms with Gasteiger partial charge in [-0.15, -0.1) is 0 Å². The molecule has 0 atom stereocenters. The van der Waals surface area contributed by atoms with Gasteiger partial charge in [-0.25, -0.2) is 4.98 Å². The van der Waals surface area contributed by atoms with Crippen LogP contribution in [0.3, 0.4) is 0 Å². The highest BCUT2D eigenvalue weighted by Gasteiger charge is 2.02. The fraction of sp³-hybridized carbons (Fsp3) is 0.556. The van der Waals surface area contributed by atoms with E-state index in [9.17, 15) is 0 Å². The highest BCUT2D eigenvalue weighted by Crippen LogP contribution is 2.07. The molecule has 0 fully saturated rings. The van der Waals surface area contributed by atoms with Gasteiger partial charge >= 0.3 is 0 Å². The molecular weight excluding hydrogens is 166 g/mol. The summed E-state index contributed by atoms with van der Waals surface area (Å²) in [5.41, 5.74) is 0.607. The summed E-state index contributed by atoms with van der Waals surface area (Å²) in [6, 6.07) is 0. The second-order valence-electron chi connectivity index (χ2n) is 2.70. The number of hydrogen-bond acceptors (Lipinski definition) is 4. The lowest BCUT2D eigenvalue weighted by molar-refractivity contribution is 0.276. The summed E-state index contributed by atoms with van der Waals surface area (Å²) in [7, 11) is 0. The first-order valence-electron chi connectivity index (χ1n) is 4.48. The van der Waals surface area contributed by atoms with Crippen molar-refractivity contribution in [2.75, 3.05) is 18.0 Å². The van der Waals surface area contributed by atoms with Crippen molar-refractivity contribution < 1.29 is 5.11 Å². The molecule has 0 aromatic carbocycles. The van der Waals surface area contributed by atoms with Crippen LogP contribution in [-0.2, 0) is 6.61 Å². The van der Waals surface area contributed by atoms with Gasteiger partial charge < -0.3 is 10.0 Å². The van der Waals surface area contributed by atoms with Gasteiger partial charge in [0, 0.05) is 13.1 Å². The van der Waals surface area contributed by atoms with E-state index in [1.165, 1.54) is 0 Å². The number of anilines is 1. The highest BCUT2D eigenvalue weighted by molar-refractivity contribution is 5.34. The topological polar surface area (TPSA) is 49.2 Å². The van der Waals surface area contributed by atoms with Crippen molar-refractivity contribution in [1.29, 1.82) is 0 Å². The largest absolute Gasteiger partial charge is 0.390 e. The standard InChI is InChI=1S/C9H15N3O/c1-3-12(4-2)9-6-10-8(7-13)5-11-9/h5-6,13H,3-4,7H2,1-2H3. The van der Waals surface area contributed by atoms with Crippen LogP contribution in [0, 0.1) is 0 Å². The van der Waals surface area contributed by atoms with Crippen LogP contribution in [0.1, 0.15) is 19.5 Å². The Labute approximate surface area is 78.2 Å². The Morgan fingerprint density at radius 3 is 2.31 bits per heavy atom. The predicted octanol–water partition coefficient (Wildman–Crippen LogP) is 0.815. The maximum atomic E-state index is 8.77. The first kappa shape index (κ1) is 9.92. The molecule has 0 aliphatic carbocycles. The third-order valence-corrected chi connectivity index (χ3v) is 1.94. The minimum absolute atomic E-state index is 0.0501. The molecule has 0 bridgehead atoms. The lowest BCUT2D eigenvalue weighted by Crippen LogP contribution is -2.23. The maximum absolute atomic E-state index is 8.77. The minimum atomic E-state index is -0.0501. The average molecular weight is 181 g/mol. The van der Waals surface area contributed by atoms with Gasteiger partial charge in [0.05, 0.1) is 24.7 Å². The molecule has 1 rings (SSSR count). The molecule has 0 saturated heterocycles. The van der Waals surface area contributed by atoms with Crippen LogP contribution in [-0.4, -0.2) is 28.2 Å². The monoisotopic (exact) mass is 181 g/mol. The molecule has 1 aromatic rings. The van der Waals surface area contributed by atoms with Crippen molar-refractivity contribution >= 4 is 5.82 Å². The van der Waals surface area contributed by atoms with Gasteiger partial charge in [-0.3, -0.25) is 4.98 Å². The molecule has 4 nitrogen and oxygen atoms in total. The van der Waals surface area contributed by atoms with Gasteiger partial charge in [0.2, 0.25) is 0 Å². The molecule has 0 unspecified atom stereocenters. The van der Waals surface area contributed by atoms with Crippen molar-refractivity contribution in [3.63, 3.8) is 0 Å². The molecule has 0 radical (unpaired) electrons. The molecule has 1 heterocycles. The smallest absolute Gasteiger partial charge is 0.147 e. The summed E-state index contributed by atoms with van der Waals surface area (Å²) in [5, 5.41) is 8.77. The highest BCUT2D eigenvalue weighted by atomic mass is 16.3. The van der Waals surface area contributed by atoms with Crippen LogP contribution in [0.25, 0.3) is 0 Å². The number of aromatic nitrogens is 2. The quantitative estimate of drug-likeness (QED) is 0.747. The van der Waals surface area contributed by atoms with E-state index in [0.29, 0.717) is 5.69 Å². The van der Waals surface area contributed by atoms with E-state index in [1.54, 1.807) is 12.4 Å². The molecular formula is C9H15N3O. The van der Waals surface area contributed by atoms with Gasteiger partial charge in [0.1, 0.15) is 5.82 Å². The van der Waals surface area contributed by atoms with E-state index in [2.05, 4.69) is 28.7 Å².